The molecule has 2 amide bonds. The summed E-state index contributed by atoms with van der Waals surface area (Å²) >= 11 is 0. The fourth-order valence-electron chi connectivity index (χ4n) is 4.51. The predicted molar refractivity (Wildman–Crippen MR) is 97.3 cm³/mol. The summed E-state index contributed by atoms with van der Waals surface area (Å²) in [7, 11) is 1.61. The van der Waals surface area contributed by atoms with E-state index in [1.807, 2.05) is 23.1 Å². The molecule has 4 rings (SSSR count). The van der Waals surface area contributed by atoms with E-state index in [2.05, 4.69) is 5.32 Å². The van der Waals surface area contributed by atoms with Crippen LogP contribution in [-0.4, -0.2) is 50.1 Å². The van der Waals surface area contributed by atoms with Gasteiger partial charge in [0.05, 0.1) is 13.0 Å². The summed E-state index contributed by atoms with van der Waals surface area (Å²) in [4.78, 5) is 27.3. The number of anilines is 1. The van der Waals surface area contributed by atoms with E-state index >= 15 is 0 Å². The highest BCUT2D eigenvalue weighted by atomic mass is 16.5. The van der Waals surface area contributed by atoms with Crippen molar-refractivity contribution in [1.29, 1.82) is 0 Å². The molecule has 1 atom stereocenters. The quantitative estimate of drug-likeness (QED) is 0.882. The first-order valence-electron chi connectivity index (χ1n) is 9.45. The first-order chi connectivity index (χ1) is 12.6. The molecule has 140 valence electrons. The number of benzene rings is 1. The zero-order chi connectivity index (χ0) is 18.1. The molecule has 1 aromatic carbocycles. The second-order valence-electron chi connectivity index (χ2n) is 7.70. The fourth-order valence-corrected chi connectivity index (χ4v) is 4.51. The number of carbonyl (C=O) groups is 2. The van der Waals surface area contributed by atoms with Crippen molar-refractivity contribution in [2.45, 2.75) is 38.0 Å². The smallest absolute Gasteiger partial charge is 0.230 e. The van der Waals surface area contributed by atoms with Crippen molar-refractivity contribution in [1.82, 2.24) is 4.90 Å². The number of nitrogens with zero attached hydrogens (tertiary/aromatic N) is 1. The van der Waals surface area contributed by atoms with Crippen LogP contribution in [0.1, 0.15) is 43.6 Å². The highest BCUT2D eigenvalue weighted by Gasteiger charge is 2.40. The number of likely N-dealkylation sites (tertiary alicyclic amines) is 1. The van der Waals surface area contributed by atoms with E-state index in [4.69, 9.17) is 9.47 Å². The van der Waals surface area contributed by atoms with Crippen LogP contribution in [0.2, 0.25) is 0 Å². The first-order valence-corrected chi connectivity index (χ1v) is 9.45. The molecule has 0 radical (unpaired) electrons. The second-order valence-corrected chi connectivity index (χ2v) is 7.70. The lowest BCUT2D eigenvalue weighted by Gasteiger charge is -2.45. The van der Waals surface area contributed by atoms with Crippen molar-refractivity contribution in [3.8, 4) is 5.75 Å². The maximum absolute atomic E-state index is 13.2. The van der Waals surface area contributed by atoms with E-state index in [-0.39, 0.29) is 18.2 Å². The standard InChI is InChI=1S/C20H26N2O4/c1-25-14-2-3-17-15(12-14)16(13-18(23)21-17)19(24)22-8-4-20(5-9-22)6-10-26-11-7-20/h2-3,12,16H,4-11,13H2,1H3,(H,21,23). The van der Waals surface area contributed by atoms with Crippen LogP contribution in [0.25, 0.3) is 0 Å². The van der Waals surface area contributed by atoms with Gasteiger partial charge >= 0.3 is 0 Å². The zero-order valence-electron chi connectivity index (χ0n) is 15.3. The Hall–Kier alpha value is -2.08. The number of rotatable bonds is 2. The number of fused-ring (bicyclic) bond motifs is 1. The Labute approximate surface area is 153 Å². The van der Waals surface area contributed by atoms with Gasteiger partial charge in [-0.25, -0.2) is 0 Å². The van der Waals surface area contributed by atoms with E-state index in [0.717, 1.165) is 63.2 Å². The van der Waals surface area contributed by atoms with E-state index < -0.39 is 5.92 Å². The summed E-state index contributed by atoms with van der Waals surface area (Å²) in [5, 5.41) is 2.87. The number of ether oxygens (including phenoxy) is 2. The molecular weight excluding hydrogens is 332 g/mol. The average Bonchev–Trinajstić information content (AvgIpc) is 2.67. The molecule has 0 aromatic heterocycles. The monoisotopic (exact) mass is 358 g/mol. The highest BCUT2D eigenvalue weighted by Crippen LogP contribution is 2.42. The molecule has 6 nitrogen and oxygen atoms in total. The Morgan fingerprint density at radius 3 is 2.65 bits per heavy atom. The van der Waals surface area contributed by atoms with Gasteiger partial charge < -0.3 is 19.7 Å². The van der Waals surface area contributed by atoms with Crippen molar-refractivity contribution < 1.29 is 19.1 Å². The van der Waals surface area contributed by atoms with E-state index in [9.17, 15) is 9.59 Å². The minimum Gasteiger partial charge on any atom is -0.497 e. The third-order valence-corrected chi connectivity index (χ3v) is 6.29. The molecule has 0 saturated carbocycles. The van der Waals surface area contributed by atoms with Gasteiger partial charge in [-0.1, -0.05) is 0 Å². The summed E-state index contributed by atoms with van der Waals surface area (Å²) in [6.07, 6.45) is 4.47. The van der Waals surface area contributed by atoms with Crippen molar-refractivity contribution in [3.05, 3.63) is 23.8 Å². The van der Waals surface area contributed by atoms with Crippen LogP contribution in [0, 0.1) is 5.41 Å². The number of hydrogen-bond donors (Lipinski definition) is 1. The first kappa shape index (κ1) is 17.3. The summed E-state index contributed by atoms with van der Waals surface area (Å²) < 4.78 is 10.8. The molecule has 2 fully saturated rings. The summed E-state index contributed by atoms with van der Waals surface area (Å²) in [6.45, 7) is 3.22. The third-order valence-electron chi connectivity index (χ3n) is 6.29. The van der Waals surface area contributed by atoms with Gasteiger partial charge in [0.1, 0.15) is 5.75 Å². The van der Waals surface area contributed by atoms with Gasteiger partial charge in [-0.15, -0.1) is 0 Å². The van der Waals surface area contributed by atoms with Gasteiger partial charge in [-0.3, -0.25) is 9.59 Å². The molecule has 0 aliphatic carbocycles. The number of nitrogens with one attached hydrogen (secondary N) is 1. The molecule has 3 aliphatic heterocycles. The minimum atomic E-state index is -0.419. The van der Waals surface area contributed by atoms with Crippen LogP contribution >= 0.6 is 0 Å². The van der Waals surface area contributed by atoms with Crippen LogP contribution in [0.4, 0.5) is 5.69 Å². The summed E-state index contributed by atoms with van der Waals surface area (Å²) in [6, 6.07) is 5.50. The van der Waals surface area contributed by atoms with E-state index in [1.165, 1.54) is 0 Å². The third kappa shape index (κ3) is 3.18. The number of carbonyl (C=O) groups excluding carboxylic acids is 2. The van der Waals surface area contributed by atoms with Crippen molar-refractivity contribution >= 4 is 17.5 Å². The Balaban J connectivity index is 1.51. The zero-order valence-corrected chi connectivity index (χ0v) is 15.3. The van der Waals surface area contributed by atoms with E-state index in [0.29, 0.717) is 11.2 Å². The summed E-state index contributed by atoms with van der Waals surface area (Å²) in [5.41, 5.74) is 1.93. The summed E-state index contributed by atoms with van der Waals surface area (Å²) in [5.74, 6) is 0.255. The number of piperidine rings is 1. The molecular formula is C20H26N2O4. The minimum absolute atomic E-state index is 0.0660. The van der Waals surface area contributed by atoms with Crippen molar-refractivity contribution in [2.75, 3.05) is 38.7 Å². The molecule has 26 heavy (non-hydrogen) atoms. The van der Waals surface area contributed by atoms with Gasteiger partial charge in [-0.2, -0.15) is 0 Å². The fraction of sp³-hybridized carbons (Fsp3) is 0.600. The lowest BCUT2D eigenvalue weighted by molar-refractivity contribution is -0.138. The Morgan fingerprint density at radius 2 is 1.96 bits per heavy atom. The largest absolute Gasteiger partial charge is 0.497 e. The van der Waals surface area contributed by atoms with Gasteiger partial charge in [0.25, 0.3) is 0 Å². The molecule has 6 heteroatoms. The predicted octanol–water partition coefficient (Wildman–Crippen LogP) is 2.54. The van der Waals surface area contributed by atoms with Crippen LogP contribution in [0.5, 0.6) is 5.75 Å². The molecule has 2 saturated heterocycles. The lowest BCUT2D eigenvalue weighted by Crippen LogP contribution is -2.47. The van der Waals surface area contributed by atoms with Crippen LogP contribution in [0.15, 0.2) is 18.2 Å². The molecule has 0 bridgehead atoms. The molecule has 3 heterocycles. The van der Waals surface area contributed by atoms with Crippen LogP contribution in [0.3, 0.4) is 0 Å². The van der Waals surface area contributed by atoms with Crippen molar-refractivity contribution in [3.63, 3.8) is 0 Å². The lowest BCUT2D eigenvalue weighted by atomic mass is 9.72. The molecule has 3 aliphatic rings. The van der Waals surface area contributed by atoms with Gasteiger partial charge in [-0.05, 0) is 54.9 Å². The highest BCUT2D eigenvalue weighted by molar-refractivity contribution is 6.01. The van der Waals surface area contributed by atoms with E-state index in [1.54, 1.807) is 7.11 Å². The van der Waals surface area contributed by atoms with Gasteiger partial charge in [0.15, 0.2) is 0 Å². The Kier molecular flexibility index (Phi) is 4.61. The molecule has 1 unspecified atom stereocenters. The maximum Gasteiger partial charge on any atom is 0.230 e. The molecule has 1 N–H and O–H groups in total. The number of methoxy groups -OCH3 is 1. The number of hydrogen-bond acceptors (Lipinski definition) is 4. The normalized spacial score (nSPS) is 24.7. The SMILES string of the molecule is COc1ccc2c(c1)C(C(=O)N1CCC3(CCOCC3)CC1)CC(=O)N2. The maximum atomic E-state index is 13.2. The Bertz CT molecular complexity index is 702. The average molecular weight is 358 g/mol. The van der Waals surface area contributed by atoms with Crippen LogP contribution in [-0.2, 0) is 14.3 Å². The Morgan fingerprint density at radius 1 is 1.23 bits per heavy atom. The van der Waals surface area contributed by atoms with Gasteiger partial charge in [0.2, 0.25) is 11.8 Å². The molecule has 1 spiro atoms. The number of amides is 2. The topological polar surface area (TPSA) is 67.9 Å². The molecule has 1 aromatic rings. The van der Waals surface area contributed by atoms with Crippen LogP contribution < -0.4 is 10.1 Å². The second kappa shape index (κ2) is 6.91. The van der Waals surface area contributed by atoms with Gasteiger partial charge in [0, 0.05) is 38.4 Å². The van der Waals surface area contributed by atoms with Crippen molar-refractivity contribution in [2.24, 2.45) is 5.41 Å².